The summed E-state index contributed by atoms with van der Waals surface area (Å²) in [5, 5.41) is 0. The molecule has 0 bridgehead atoms. The van der Waals surface area contributed by atoms with Crippen molar-refractivity contribution in [2.75, 3.05) is 25.9 Å². The number of nitrogens with two attached hydrogens (primary N) is 1. The van der Waals surface area contributed by atoms with E-state index in [2.05, 4.69) is 13.8 Å². The van der Waals surface area contributed by atoms with E-state index < -0.39 is 0 Å². The van der Waals surface area contributed by atoms with Crippen molar-refractivity contribution in [3.8, 4) is 5.75 Å². The Morgan fingerprint density at radius 1 is 1.33 bits per heavy atom. The fourth-order valence-electron chi connectivity index (χ4n) is 2.37. The molecule has 2 rings (SSSR count). The smallest absolute Gasteiger partial charge is 0.256 e. The Morgan fingerprint density at radius 3 is 2.50 bits per heavy atom. The fourth-order valence-corrected chi connectivity index (χ4v) is 2.37. The summed E-state index contributed by atoms with van der Waals surface area (Å²) in [6.45, 7) is 5.95. The summed E-state index contributed by atoms with van der Waals surface area (Å²) in [6.07, 6.45) is 0. The van der Waals surface area contributed by atoms with Crippen molar-refractivity contribution in [1.29, 1.82) is 0 Å². The molecule has 2 N–H and O–H groups in total. The molecule has 1 aromatic carbocycles. The SMILES string of the molecule is COc1cccc(C(=O)N2CC(C)C(C)C2)c1N. The molecule has 98 valence electrons. The van der Waals surface area contributed by atoms with Gasteiger partial charge in [0.2, 0.25) is 0 Å². The molecular formula is C14H20N2O2. The quantitative estimate of drug-likeness (QED) is 0.814. The van der Waals surface area contributed by atoms with Crippen LogP contribution in [-0.2, 0) is 0 Å². The highest BCUT2D eigenvalue weighted by Crippen LogP contribution is 2.29. The highest BCUT2D eigenvalue weighted by Gasteiger charge is 2.30. The lowest BCUT2D eigenvalue weighted by atomic mass is 10.0. The van der Waals surface area contributed by atoms with Crippen LogP contribution in [0.5, 0.6) is 5.75 Å². The van der Waals surface area contributed by atoms with E-state index in [-0.39, 0.29) is 5.91 Å². The molecule has 1 heterocycles. The first-order valence-electron chi connectivity index (χ1n) is 6.26. The van der Waals surface area contributed by atoms with E-state index in [1.807, 2.05) is 4.90 Å². The molecule has 0 radical (unpaired) electrons. The Morgan fingerprint density at radius 2 is 1.94 bits per heavy atom. The minimum Gasteiger partial charge on any atom is -0.495 e. The largest absolute Gasteiger partial charge is 0.495 e. The number of amides is 1. The molecule has 4 heteroatoms. The van der Waals surface area contributed by atoms with Crippen LogP contribution in [0.15, 0.2) is 18.2 Å². The first-order chi connectivity index (χ1) is 8.54. The summed E-state index contributed by atoms with van der Waals surface area (Å²) in [5.41, 5.74) is 6.92. The molecule has 4 nitrogen and oxygen atoms in total. The minimum absolute atomic E-state index is 0.00241. The molecule has 1 aliphatic rings. The molecule has 1 aromatic rings. The molecule has 1 fully saturated rings. The maximum absolute atomic E-state index is 12.4. The third kappa shape index (κ3) is 2.15. The van der Waals surface area contributed by atoms with Crippen LogP contribution in [0.4, 0.5) is 5.69 Å². The van der Waals surface area contributed by atoms with Gasteiger partial charge in [-0.1, -0.05) is 19.9 Å². The summed E-state index contributed by atoms with van der Waals surface area (Å²) < 4.78 is 5.14. The maximum atomic E-state index is 12.4. The van der Waals surface area contributed by atoms with Gasteiger partial charge in [0, 0.05) is 13.1 Å². The number of benzene rings is 1. The average Bonchev–Trinajstić information content (AvgIpc) is 2.69. The number of methoxy groups -OCH3 is 1. The molecule has 2 unspecified atom stereocenters. The minimum atomic E-state index is 0.00241. The van der Waals surface area contributed by atoms with Gasteiger partial charge in [-0.05, 0) is 24.0 Å². The molecule has 0 aromatic heterocycles. The van der Waals surface area contributed by atoms with E-state index in [9.17, 15) is 4.79 Å². The van der Waals surface area contributed by atoms with Gasteiger partial charge in [-0.2, -0.15) is 0 Å². The van der Waals surface area contributed by atoms with Gasteiger partial charge in [0.25, 0.3) is 5.91 Å². The molecule has 0 saturated carbocycles. The zero-order chi connectivity index (χ0) is 13.3. The van der Waals surface area contributed by atoms with E-state index in [1.54, 1.807) is 25.3 Å². The molecule has 0 aliphatic carbocycles. The number of carbonyl (C=O) groups is 1. The van der Waals surface area contributed by atoms with Crippen molar-refractivity contribution >= 4 is 11.6 Å². The zero-order valence-electron chi connectivity index (χ0n) is 11.1. The molecular weight excluding hydrogens is 228 g/mol. The van der Waals surface area contributed by atoms with E-state index in [0.717, 1.165) is 13.1 Å². The number of nitrogens with zero attached hydrogens (tertiary/aromatic N) is 1. The number of ether oxygens (including phenoxy) is 1. The van der Waals surface area contributed by atoms with Gasteiger partial charge in [-0.15, -0.1) is 0 Å². The van der Waals surface area contributed by atoms with Crippen molar-refractivity contribution in [3.63, 3.8) is 0 Å². The first kappa shape index (κ1) is 12.7. The Bertz CT molecular complexity index is 449. The van der Waals surface area contributed by atoms with Crippen LogP contribution >= 0.6 is 0 Å². The summed E-state index contributed by atoms with van der Waals surface area (Å²) in [5.74, 6) is 1.64. The summed E-state index contributed by atoms with van der Waals surface area (Å²) >= 11 is 0. The number of para-hydroxylation sites is 1. The second kappa shape index (κ2) is 4.88. The maximum Gasteiger partial charge on any atom is 0.256 e. The van der Waals surface area contributed by atoms with Gasteiger partial charge in [-0.25, -0.2) is 0 Å². The van der Waals surface area contributed by atoms with Crippen molar-refractivity contribution in [2.24, 2.45) is 11.8 Å². The van der Waals surface area contributed by atoms with Gasteiger partial charge in [-0.3, -0.25) is 4.79 Å². The monoisotopic (exact) mass is 248 g/mol. The van der Waals surface area contributed by atoms with E-state index >= 15 is 0 Å². The standard InChI is InChI=1S/C14H20N2O2/c1-9-7-16(8-10(9)2)14(17)11-5-4-6-12(18-3)13(11)15/h4-6,9-10H,7-8,15H2,1-3H3. The lowest BCUT2D eigenvalue weighted by Gasteiger charge is -2.18. The zero-order valence-corrected chi connectivity index (χ0v) is 11.1. The molecule has 1 aliphatic heterocycles. The van der Waals surface area contributed by atoms with Crippen LogP contribution in [0.3, 0.4) is 0 Å². The number of anilines is 1. The van der Waals surface area contributed by atoms with Crippen molar-refractivity contribution in [2.45, 2.75) is 13.8 Å². The molecule has 1 amide bonds. The van der Waals surface area contributed by atoms with Crippen LogP contribution < -0.4 is 10.5 Å². The van der Waals surface area contributed by atoms with Crippen LogP contribution in [0.25, 0.3) is 0 Å². The van der Waals surface area contributed by atoms with Crippen LogP contribution in [0.2, 0.25) is 0 Å². The molecule has 18 heavy (non-hydrogen) atoms. The topological polar surface area (TPSA) is 55.6 Å². The fraction of sp³-hybridized carbons (Fsp3) is 0.500. The van der Waals surface area contributed by atoms with Gasteiger partial charge in [0.15, 0.2) is 0 Å². The Balaban J connectivity index is 2.24. The first-order valence-corrected chi connectivity index (χ1v) is 6.26. The van der Waals surface area contributed by atoms with Gasteiger partial charge in [0.05, 0.1) is 18.4 Å². The van der Waals surface area contributed by atoms with E-state index in [1.165, 1.54) is 0 Å². The number of hydrogen-bond donors (Lipinski definition) is 1. The van der Waals surface area contributed by atoms with Gasteiger partial charge >= 0.3 is 0 Å². The molecule has 0 spiro atoms. The van der Waals surface area contributed by atoms with Crippen LogP contribution in [0.1, 0.15) is 24.2 Å². The highest BCUT2D eigenvalue weighted by atomic mass is 16.5. The Hall–Kier alpha value is -1.71. The van der Waals surface area contributed by atoms with Crippen LogP contribution in [-0.4, -0.2) is 31.0 Å². The Labute approximate surface area is 108 Å². The molecule has 1 saturated heterocycles. The highest BCUT2D eigenvalue weighted by molar-refractivity contribution is 6.00. The predicted octanol–water partition coefficient (Wildman–Crippen LogP) is 2.01. The van der Waals surface area contributed by atoms with Crippen LogP contribution in [0, 0.1) is 11.8 Å². The number of rotatable bonds is 2. The lowest BCUT2D eigenvalue weighted by molar-refractivity contribution is 0.0785. The number of likely N-dealkylation sites (tertiary alicyclic amines) is 1. The normalized spacial score (nSPS) is 23.2. The van der Waals surface area contributed by atoms with Crippen molar-refractivity contribution in [1.82, 2.24) is 4.90 Å². The van der Waals surface area contributed by atoms with Gasteiger partial charge < -0.3 is 15.4 Å². The summed E-state index contributed by atoms with van der Waals surface area (Å²) in [7, 11) is 1.56. The van der Waals surface area contributed by atoms with E-state index in [4.69, 9.17) is 10.5 Å². The van der Waals surface area contributed by atoms with E-state index in [0.29, 0.717) is 28.8 Å². The molecule has 2 atom stereocenters. The summed E-state index contributed by atoms with van der Waals surface area (Å²) in [4.78, 5) is 14.3. The third-order valence-electron chi connectivity index (χ3n) is 3.79. The average molecular weight is 248 g/mol. The number of nitrogen functional groups attached to an aromatic ring is 1. The second-order valence-electron chi connectivity index (χ2n) is 5.09. The predicted molar refractivity (Wildman–Crippen MR) is 71.6 cm³/mol. The van der Waals surface area contributed by atoms with Crippen molar-refractivity contribution < 1.29 is 9.53 Å². The second-order valence-corrected chi connectivity index (χ2v) is 5.09. The Kier molecular flexibility index (Phi) is 3.45. The van der Waals surface area contributed by atoms with Crippen molar-refractivity contribution in [3.05, 3.63) is 23.8 Å². The number of hydrogen-bond acceptors (Lipinski definition) is 3. The third-order valence-corrected chi connectivity index (χ3v) is 3.79. The lowest BCUT2D eigenvalue weighted by Crippen LogP contribution is -2.29. The number of carbonyl (C=O) groups excluding carboxylic acids is 1. The van der Waals surface area contributed by atoms with Gasteiger partial charge in [0.1, 0.15) is 5.75 Å². The summed E-state index contributed by atoms with van der Waals surface area (Å²) in [6, 6.07) is 5.32.